The van der Waals surface area contributed by atoms with Crippen LogP contribution in [0, 0.1) is 18.3 Å². The lowest BCUT2D eigenvalue weighted by atomic mass is 10.00. The molecule has 0 bridgehead atoms. The number of rotatable bonds is 3. The van der Waals surface area contributed by atoms with Gasteiger partial charge in [-0.2, -0.15) is 5.26 Å². The Hall–Kier alpha value is -1.27. The van der Waals surface area contributed by atoms with Crippen molar-refractivity contribution in [3.05, 3.63) is 23.7 Å². The maximum absolute atomic E-state index is 9.50. The smallest absolute Gasteiger partial charge is 0.109 e. The summed E-state index contributed by atoms with van der Waals surface area (Å²) in [7, 11) is 0. The molecule has 0 unspecified atom stereocenters. The van der Waals surface area contributed by atoms with E-state index in [1.165, 1.54) is 0 Å². The number of aliphatic hydroxyl groups is 1. The number of hydrogen-bond acceptors (Lipinski definition) is 3. The SMILES string of the molecule is Cc1ccc([C@@H](C)[C@H](O)CC#N)o1. The second-order valence-corrected chi connectivity index (χ2v) is 3.17. The van der Waals surface area contributed by atoms with Crippen LogP contribution in [0.2, 0.25) is 0 Å². The van der Waals surface area contributed by atoms with Crippen molar-refractivity contribution in [2.75, 3.05) is 0 Å². The lowest BCUT2D eigenvalue weighted by Gasteiger charge is -2.12. The lowest BCUT2D eigenvalue weighted by molar-refractivity contribution is 0.144. The Morgan fingerprint density at radius 3 is 2.77 bits per heavy atom. The maximum atomic E-state index is 9.50. The average molecular weight is 179 g/mol. The lowest BCUT2D eigenvalue weighted by Crippen LogP contribution is -2.14. The quantitative estimate of drug-likeness (QED) is 0.771. The number of aliphatic hydroxyl groups excluding tert-OH is 1. The van der Waals surface area contributed by atoms with Crippen LogP contribution in [0.4, 0.5) is 0 Å². The minimum Gasteiger partial charge on any atom is -0.466 e. The number of aryl methyl sites for hydroxylation is 1. The maximum Gasteiger partial charge on any atom is 0.109 e. The molecule has 1 N–H and O–H groups in total. The summed E-state index contributed by atoms with van der Waals surface area (Å²) in [6.45, 7) is 3.70. The molecule has 0 radical (unpaired) electrons. The molecule has 13 heavy (non-hydrogen) atoms. The minimum atomic E-state index is -0.643. The highest BCUT2D eigenvalue weighted by molar-refractivity contribution is 5.11. The van der Waals surface area contributed by atoms with Crippen molar-refractivity contribution in [2.24, 2.45) is 0 Å². The van der Waals surface area contributed by atoms with Gasteiger partial charge in [0.1, 0.15) is 11.5 Å². The molecule has 0 aliphatic heterocycles. The molecule has 0 spiro atoms. The van der Waals surface area contributed by atoms with E-state index in [0.29, 0.717) is 0 Å². The summed E-state index contributed by atoms with van der Waals surface area (Å²) in [6, 6.07) is 5.62. The van der Waals surface area contributed by atoms with E-state index in [0.717, 1.165) is 11.5 Å². The molecule has 0 fully saturated rings. The standard InChI is InChI=1S/C10H13NO2/c1-7-3-4-10(13-7)8(2)9(12)5-6-11/h3-4,8-9,12H,5H2,1-2H3/t8-,9+/m0/s1. The summed E-state index contributed by atoms with van der Waals surface area (Å²) < 4.78 is 5.34. The number of nitriles is 1. The second-order valence-electron chi connectivity index (χ2n) is 3.17. The van der Waals surface area contributed by atoms with Gasteiger partial charge in [-0.1, -0.05) is 6.92 Å². The predicted molar refractivity (Wildman–Crippen MR) is 48.1 cm³/mol. The van der Waals surface area contributed by atoms with Crippen LogP contribution in [0.25, 0.3) is 0 Å². The molecule has 0 amide bonds. The fourth-order valence-electron chi connectivity index (χ4n) is 1.16. The largest absolute Gasteiger partial charge is 0.466 e. The third-order valence-electron chi connectivity index (χ3n) is 2.09. The molecular weight excluding hydrogens is 166 g/mol. The van der Waals surface area contributed by atoms with E-state index in [9.17, 15) is 5.11 Å². The Balaban J connectivity index is 2.68. The first-order chi connectivity index (χ1) is 6.15. The van der Waals surface area contributed by atoms with Crippen LogP contribution < -0.4 is 0 Å². The summed E-state index contributed by atoms with van der Waals surface area (Å²) >= 11 is 0. The minimum absolute atomic E-state index is 0.117. The monoisotopic (exact) mass is 179 g/mol. The third kappa shape index (κ3) is 2.33. The zero-order chi connectivity index (χ0) is 9.84. The summed E-state index contributed by atoms with van der Waals surface area (Å²) in [6.07, 6.45) is -0.503. The van der Waals surface area contributed by atoms with Gasteiger partial charge in [-0.05, 0) is 19.1 Å². The molecule has 1 rings (SSSR count). The molecule has 0 saturated carbocycles. The van der Waals surface area contributed by atoms with E-state index in [2.05, 4.69) is 0 Å². The van der Waals surface area contributed by atoms with Crippen LogP contribution in [-0.4, -0.2) is 11.2 Å². The van der Waals surface area contributed by atoms with Crippen LogP contribution in [-0.2, 0) is 0 Å². The van der Waals surface area contributed by atoms with Crippen molar-refractivity contribution in [1.29, 1.82) is 5.26 Å². The Morgan fingerprint density at radius 1 is 1.62 bits per heavy atom. The first kappa shape index (κ1) is 9.82. The van der Waals surface area contributed by atoms with E-state index in [-0.39, 0.29) is 12.3 Å². The molecule has 1 aromatic heterocycles. The number of nitrogens with zero attached hydrogens (tertiary/aromatic N) is 1. The summed E-state index contributed by atoms with van der Waals surface area (Å²) in [5, 5.41) is 17.9. The molecule has 70 valence electrons. The normalized spacial score (nSPS) is 14.9. The molecule has 3 nitrogen and oxygen atoms in total. The molecular formula is C10H13NO2. The van der Waals surface area contributed by atoms with Crippen LogP contribution >= 0.6 is 0 Å². The van der Waals surface area contributed by atoms with Crippen LogP contribution in [0.15, 0.2) is 16.5 Å². The molecule has 0 saturated heterocycles. The van der Waals surface area contributed by atoms with Gasteiger partial charge in [0, 0.05) is 5.92 Å². The Morgan fingerprint density at radius 2 is 2.31 bits per heavy atom. The topological polar surface area (TPSA) is 57.2 Å². The Labute approximate surface area is 77.6 Å². The molecule has 1 aromatic rings. The van der Waals surface area contributed by atoms with Gasteiger partial charge in [0.25, 0.3) is 0 Å². The second kappa shape index (κ2) is 4.11. The van der Waals surface area contributed by atoms with E-state index in [1.807, 2.05) is 32.0 Å². The fourth-order valence-corrected chi connectivity index (χ4v) is 1.16. The number of furan rings is 1. The predicted octanol–water partition coefficient (Wildman–Crippen LogP) is 1.97. The highest BCUT2D eigenvalue weighted by Gasteiger charge is 2.18. The van der Waals surface area contributed by atoms with Crippen molar-refractivity contribution in [1.82, 2.24) is 0 Å². The Bertz CT molecular complexity index is 311. The molecule has 3 heteroatoms. The van der Waals surface area contributed by atoms with Gasteiger partial charge in [-0.25, -0.2) is 0 Å². The summed E-state index contributed by atoms with van der Waals surface area (Å²) in [5.74, 6) is 1.44. The van der Waals surface area contributed by atoms with Gasteiger partial charge in [0.2, 0.25) is 0 Å². The zero-order valence-electron chi connectivity index (χ0n) is 7.82. The molecule has 2 atom stereocenters. The van der Waals surface area contributed by atoms with Crippen LogP contribution in [0.1, 0.15) is 30.8 Å². The molecule has 0 aliphatic rings. The highest BCUT2D eigenvalue weighted by Crippen LogP contribution is 2.22. The van der Waals surface area contributed by atoms with E-state index in [1.54, 1.807) is 0 Å². The van der Waals surface area contributed by atoms with E-state index < -0.39 is 6.10 Å². The van der Waals surface area contributed by atoms with Gasteiger partial charge in [0.05, 0.1) is 18.6 Å². The summed E-state index contributed by atoms with van der Waals surface area (Å²) in [5.41, 5.74) is 0. The Kier molecular flexibility index (Phi) is 3.10. The van der Waals surface area contributed by atoms with Gasteiger partial charge in [-0.15, -0.1) is 0 Å². The average Bonchev–Trinajstić information content (AvgIpc) is 2.51. The van der Waals surface area contributed by atoms with Gasteiger partial charge in [0.15, 0.2) is 0 Å². The van der Waals surface area contributed by atoms with Crippen molar-refractivity contribution >= 4 is 0 Å². The first-order valence-corrected chi connectivity index (χ1v) is 4.26. The van der Waals surface area contributed by atoms with Gasteiger partial charge in [-0.3, -0.25) is 0 Å². The van der Waals surface area contributed by atoms with Crippen molar-refractivity contribution < 1.29 is 9.52 Å². The van der Waals surface area contributed by atoms with Gasteiger partial charge >= 0.3 is 0 Å². The molecule has 0 aromatic carbocycles. The first-order valence-electron chi connectivity index (χ1n) is 4.26. The van der Waals surface area contributed by atoms with Crippen LogP contribution in [0.5, 0.6) is 0 Å². The zero-order valence-corrected chi connectivity index (χ0v) is 7.82. The van der Waals surface area contributed by atoms with Crippen molar-refractivity contribution in [3.63, 3.8) is 0 Å². The molecule has 0 aliphatic carbocycles. The number of hydrogen-bond donors (Lipinski definition) is 1. The van der Waals surface area contributed by atoms with Crippen molar-refractivity contribution in [3.8, 4) is 6.07 Å². The van der Waals surface area contributed by atoms with E-state index in [4.69, 9.17) is 9.68 Å². The fraction of sp³-hybridized carbons (Fsp3) is 0.500. The molecule has 1 heterocycles. The van der Waals surface area contributed by atoms with E-state index >= 15 is 0 Å². The third-order valence-corrected chi connectivity index (χ3v) is 2.09. The van der Waals surface area contributed by atoms with Gasteiger partial charge < -0.3 is 9.52 Å². The highest BCUT2D eigenvalue weighted by atomic mass is 16.3. The van der Waals surface area contributed by atoms with Crippen molar-refractivity contribution in [2.45, 2.75) is 32.3 Å². The van der Waals surface area contributed by atoms with Crippen LogP contribution in [0.3, 0.4) is 0 Å². The summed E-state index contributed by atoms with van der Waals surface area (Å²) in [4.78, 5) is 0.